The molecule has 0 atom stereocenters. The van der Waals surface area contributed by atoms with Gasteiger partial charge in [0.2, 0.25) is 12.7 Å². The Kier molecular flexibility index (Phi) is 5.12. The zero-order chi connectivity index (χ0) is 17.8. The molecule has 25 heavy (non-hydrogen) atoms. The lowest BCUT2D eigenvalue weighted by Gasteiger charge is -2.16. The number of para-hydroxylation sites is 1. The van der Waals surface area contributed by atoms with Gasteiger partial charge in [0.1, 0.15) is 0 Å². The van der Waals surface area contributed by atoms with Crippen molar-refractivity contribution in [3.8, 4) is 11.5 Å². The van der Waals surface area contributed by atoms with Crippen LogP contribution in [-0.4, -0.2) is 19.2 Å². The van der Waals surface area contributed by atoms with Gasteiger partial charge in [-0.25, -0.2) is 0 Å². The van der Waals surface area contributed by atoms with E-state index in [-0.39, 0.29) is 12.7 Å². The summed E-state index contributed by atoms with van der Waals surface area (Å²) in [6.07, 6.45) is 0.389. The van der Waals surface area contributed by atoms with Crippen LogP contribution in [0.5, 0.6) is 11.5 Å². The number of nitrogens with one attached hydrogen (secondary N) is 2. The van der Waals surface area contributed by atoms with E-state index in [1.807, 2.05) is 37.3 Å². The number of hydrogen-bond donors (Lipinski definition) is 2. The van der Waals surface area contributed by atoms with Crippen LogP contribution in [-0.2, 0) is 4.79 Å². The predicted octanol–water partition coefficient (Wildman–Crippen LogP) is 4.29. The number of hydrogen-bond acceptors (Lipinski definition) is 4. The number of carbonyl (C=O) groups excluding carboxylic acids is 1. The molecule has 5 heteroatoms. The molecule has 0 spiro atoms. The molecule has 0 fully saturated rings. The number of rotatable bonds is 6. The summed E-state index contributed by atoms with van der Waals surface area (Å²) in [5, 5.41) is 6.31. The second-order valence-electron chi connectivity index (χ2n) is 6.49. The standard InChI is InChI=1S/C20H24N2O3/c1-13(2)16-6-4-5-14(3)20(16)22-19(23)9-10-21-15-7-8-17-18(11-15)25-12-24-17/h4-8,11,13,21H,9-10,12H2,1-3H3,(H,22,23). The van der Waals surface area contributed by atoms with Gasteiger partial charge in [-0.15, -0.1) is 0 Å². The molecule has 1 aliphatic heterocycles. The van der Waals surface area contributed by atoms with E-state index < -0.39 is 0 Å². The molecule has 2 aromatic rings. The zero-order valence-electron chi connectivity index (χ0n) is 14.9. The fourth-order valence-electron chi connectivity index (χ4n) is 2.87. The average Bonchev–Trinajstić information content (AvgIpc) is 3.04. The Bertz CT molecular complexity index is 772. The maximum Gasteiger partial charge on any atom is 0.231 e. The van der Waals surface area contributed by atoms with E-state index in [1.54, 1.807) is 0 Å². The van der Waals surface area contributed by atoms with Crippen LogP contribution in [0.4, 0.5) is 11.4 Å². The molecule has 0 bridgehead atoms. The fraction of sp³-hybridized carbons (Fsp3) is 0.350. The summed E-state index contributed by atoms with van der Waals surface area (Å²) < 4.78 is 10.6. The van der Waals surface area contributed by atoms with Crippen molar-refractivity contribution in [3.05, 3.63) is 47.5 Å². The molecule has 0 saturated heterocycles. The topological polar surface area (TPSA) is 59.6 Å². The van der Waals surface area contributed by atoms with E-state index in [0.29, 0.717) is 18.9 Å². The first kappa shape index (κ1) is 17.1. The SMILES string of the molecule is Cc1cccc(C(C)C)c1NC(=O)CCNc1ccc2c(c1)OCO2. The number of anilines is 2. The summed E-state index contributed by atoms with van der Waals surface area (Å²) in [6.45, 7) is 7.09. The molecule has 2 N–H and O–H groups in total. The van der Waals surface area contributed by atoms with Crippen LogP contribution in [0, 0.1) is 6.92 Å². The van der Waals surface area contributed by atoms with Gasteiger partial charge in [-0.1, -0.05) is 32.0 Å². The molecule has 0 aliphatic carbocycles. The maximum absolute atomic E-state index is 12.3. The molecular formula is C20H24N2O3. The van der Waals surface area contributed by atoms with Gasteiger partial charge in [0.05, 0.1) is 0 Å². The first-order chi connectivity index (χ1) is 12.0. The number of fused-ring (bicyclic) bond motifs is 1. The Morgan fingerprint density at radius 3 is 2.76 bits per heavy atom. The Morgan fingerprint density at radius 1 is 1.16 bits per heavy atom. The molecule has 5 nitrogen and oxygen atoms in total. The van der Waals surface area contributed by atoms with Crippen molar-refractivity contribution < 1.29 is 14.3 Å². The molecule has 1 aliphatic rings. The van der Waals surface area contributed by atoms with Crippen LogP contribution in [0.25, 0.3) is 0 Å². The van der Waals surface area contributed by atoms with E-state index in [0.717, 1.165) is 34.0 Å². The highest BCUT2D eigenvalue weighted by Gasteiger charge is 2.14. The number of carbonyl (C=O) groups is 1. The van der Waals surface area contributed by atoms with E-state index in [2.05, 4.69) is 30.5 Å². The Hall–Kier alpha value is -2.69. The van der Waals surface area contributed by atoms with Crippen LogP contribution < -0.4 is 20.1 Å². The van der Waals surface area contributed by atoms with Crippen molar-refractivity contribution in [1.82, 2.24) is 0 Å². The molecule has 0 aromatic heterocycles. The molecule has 0 saturated carbocycles. The van der Waals surface area contributed by atoms with Crippen molar-refractivity contribution in [3.63, 3.8) is 0 Å². The van der Waals surface area contributed by atoms with Crippen molar-refractivity contribution in [2.24, 2.45) is 0 Å². The molecule has 3 rings (SSSR count). The van der Waals surface area contributed by atoms with Gasteiger partial charge in [-0.05, 0) is 36.1 Å². The number of amides is 1. The minimum atomic E-state index is 0.00411. The highest BCUT2D eigenvalue weighted by atomic mass is 16.7. The summed E-state index contributed by atoms with van der Waals surface area (Å²) in [6, 6.07) is 11.8. The maximum atomic E-state index is 12.3. The Balaban J connectivity index is 1.55. The van der Waals surface area contributed by atoms with Crippen molar-refractivity contribution in [1.29, 1.82) is 0 Å². The third-order valence-corrected chi connectivity index (χ3v) is 4.25. The number of aryl methyl sites for hydroxylation is 1. The molecule has 1 heterocycles. The van der Waals surface area contributed by atoms with E-state index in [1.165, 1.54) is 0 Å². The van der Waals surface area contributed by atoms with E-state index >= 15 is 0 Å². The Labute approximate surface area is 148 Å². The van der Waals surface area contributed by atoms with Crippen LogP contribution in [0.2, 0.25) is 0 Å². The molecule has 1 amide bonds. The summed E-state index contributed by atoms with van der Waals surface area (Å²) in [7, 11) is 0. The molecule has 0 radical (unpaired) electrons. The largest absolute Gasteiger partial charge is 0.454 e. The van der Waals surface area contributed by atoms with Gasteiger partial charge >= 0.3 is 0 Å². The van der Waals surface area contributed by atoms with Crippen molar-refractivity contribution >= 4 is 17.3 Å². The minimum Gasteiger partial charge on any atom is -0.454 e. The number of benzene rings is 2. The van der Waals surface area contributed by atoms with Crippen LogP contribution in [0.3, 0.4) is 0 Å². The average molecular weight is 340 g/mol. The van der Waals surface area contributed by atoms with Crippen LogP contribution in [0.1, 0.15) is 37.3 Å². The minimum absolute atomic E-state index is 0.00411. The monoisotopic (exact) mass is 340 g/mol. The van der Waals surface area contributed by atoms with Crippen molar-refractivity contribution in [2.75, 3.05) is 24.0 Å². The smallest absolute Gasteiger partial charge is 0.231 e. The Morgan fingerprint density at radius 2 is 1.96 bits per heavy atom. The first-order valence-corrected chi connectivity index (χ1v) is 8.57. The first-order valence-electron chi connectivity index (χ1n) is 8.57. The van der Waals surface area contributed by atoms with Gasteiger partial charge in [0.15, 0.2) is 11.5 Å². The highest BCUT2D eigenvalue weighted by Crippen LogP contribution is 2.34. The van der Waals surface area contributed by atoms with Gasteiger partial charge in [0, 0.05) is 30.4 Å². The second-order valence-corrected chi connectivity index (χ2v) is 6.49. The van der Waals surface area contributed by atoms with E-state index in [9.17, 15) is 4.79 Å². The third kappa shape index (κ3) is 4.05. The quantitative estimate of drug-likeness (QED) is 0.824. The summed E-state index contributed by atoms with van der Waals surface area (Å²) in [5.74, 6) is 1.85. The predicted molar refractivity (Wildman–Crippen MR) is 99.6 cm³/mol. The van der Waals surface area contributed by atoms with Crippen LogP contribution >= 0.6 is 0 Å². The second kappa shape index (κ2) is 7.47. The molecule has 132 valence electrons. The van der Waals surface area contributed by atoms with E-state index in [4.69, 9.17) is 9.47 Å². The third-order valence-electron chi connectivity index (χ3n) is 4.25. The fourth-order valence-corrected chi connectivity index (χ4v) is 2.87. The van der Waals surface area contributed by atoms with Gasteiger partial charge in [-0.3, -0.25) is 4.79 Å². The number of ether oxygens (including phenoxy) is 2. The summed E-state index contributed by atoms with van der Waals surface area (Å²) in [5.41, 5.74) is 4.10. The van der Waals surface area contributed by atoms with Crippen molar-refractivity contribution in [2.45, 2.75) is 33.1 Å². The van der Waals surface area contributed by atoms with Crippen LogP contribution in [0.15, 0.2) is 36.4 Å². The van der Waals surface area contributed by atoms with Gasteiger partial charge in [0.25, 0.3) is 0 Å². The zero-order valence-corrected chi connectivity index (χ0v) is 14.9. The highest BCUT2D eigenvalue weighted by molar-refractivity contribution is 5.92. The molecular weight excluding hydrogens is 316 g/mol. The molecule has 0 unspecified atom stereocenters. The molecule has 2 aromatic carbocycles. The van der Waals surface area contributed by atoms with Gasteiger partial charge < -0.3 is 20.1 Å². The normalized spacial score (nSPS) is 12.3. The summed E-state index contributed by atoms with van der Waals surface area (Å²) >= 11 is 0. The lowest BCUT2D eigenvalue weighted by atomic mass is 9.98. The summed E-state index contributed by atoms with van der Waals surface area (Å²) in [4.78, 5) is 12.3. The lowest BCUT2D eigenvalue weighted by Crippen LogP contribution is -2.18. The lowest BCUT2D eigenvalue weighted by molar-refractivity contribution is -0.115. The van der Waals surface area contributed by atoms with Gasteiger partial charge in [-0.2, -0.15) is 0 Å².